The van der Waals surface area contributed by atoms with Crippen LogP contribution in [0.2, 0.25) is 0 Å². The Kier molecular flexibility index (Phi) is 3.23. The maximum atomic E-state index is 4.59. The van der Waals surface area contributed by atoms with Crippen molar-refractivity contribution in [3.63, 3.8) is 0 Å². The van der Waals surface area contributed by atoms with Crippen LogP contribution in [-0.2, 0) is 0 Å². The van der Waals surface area contributed by atoms with Crippen LogP contribution >= 0.6 is 0 Å². The lowest BCUT2D eigenvalue weighted by molar-refractivity contribution is 0.642. The van der Waals surface area contributed by atoms with E-state index in [1.165, 1.54) is 11.3 Å². The topological polar surface area (TPSA) is 34.0 Å². The Morgan fingerprint density at radius 3 is 2.70 bits per heavy atom. The molecule has 0 saturated carbocycles. The number of benzene rings is 1. The van der Waals surface area contributed by atoms with Crippen LogP contribution in [-0.4, -0.2) is 26.5 Å². The molecule has 0 unspecified atom stereocenters. The number of allylic oxidation sites excluding steroid dienone is 2. The van der Waals surface area contributed by atoms with Gasteiger partial charge in [0, 0.05) is 30.8 Å². The zero-order valence-electron chi connectivity index (χ0n) is 13.3. The summed E-state index contributed by atoms with van der Waals surface area (Å²) < 4.78 is 2.17. The van der Waals surface area contributed by atoms with Crippen LogP contribution in [0.4, 0.5) is 0 Å². The highest BCUT2D eigenvalue weighted by molar-refractivity contribution is 5.77. The lowest BCUT2D eigenvalue weighted by Gasteiger charge is -2.22. The first kappa shape index (κ1) is 13.8. The Hall–Kier alpha value is -2.88. The molecule has 23 heavy (non-hydrogen) atoms. The van der Waals surface area contributed by atoms with Crippen molar-refractivity contribution in [3.05, 3.63) is 72.5 Å². The van der Waals surface area contributed by atoms with Crippen molar-refractivity contribution in [3.8, 4) is 5.69 Å². The summed E-state index contributed by atoms with van der Waals surface area (Å²) in [7, 11) is 2.08. The van der Waals surface area contributed by atoms with Gasteiger partial charge in [-0.3, -0.25) is 9.55 Å². The number of fused-ring (bicyclic) bond motifs is 1. The van der Waals surface area contributed by atoms with Crippen LogP contribution in [0, 0.1) is 6.92 Å². The van der Waals surface area contributed by atoms with Gasteiger partial charge in [-0.15, -0.1) is 0 Å². The number of pyridine rings is 1. The second-order valence-corrected chi connectivity index (χ2v) is 5.73. The summed E-state index contributed by atoms with van der Waals surface area (Å²) in [5, 5.41) is 0. The van der Waals surface area contributed by atoms with E-state index < -0.39 is 0 Å². The van der Waals surface area contributed by atoms with Crippen LogP contribution in [0.5, 0.6) is 0 Å². The van der Waals surface area contributed by atoms with Gasteiger partial charge in [-0.2, -0.15) is 0 Å². The van der Waals surface area contributed by atoms with Gasteiger partial charge in [0.25, 0.3) is 0 Å². The number of imidazole rings is 1. The number of rotatable bonds is 2. The van der Waals surface area contributed by atoms with Crippen molar-refractivity contribution < 1.29 is 0 Å². The maximum Gasteiger partial charge on any atom is 0.111 e. The normalized spacial score (nSPS) is 14.3. The molecule has 0 N–H and O–H groups in total. The molecule has 4 nitrogen and oxygen atoms in total. The molecule has 3 aromatic rings. The summed E-state index contributed by atoms with van der Waals surface area (Å²) in [4.78, 5) is 10.9. The van der Waals surface area contributed by atoms with Gasteiger partial charge < -0.3 is 4.90 Å². The molecule has 0 aliphatic carbocycles. The summed E-state index contributed by atoms with van der Waals surface area (Å²) in [6.45, 7) is 2.02. The largest absolute Gasteiger partial charge is 0.351 e. The van der Waals surface area contributed by atoms with E-state index in [0.717, 1.165) is 29.0 Å². The second kappa shape index (κ2) is 5.39. The van der Waals surface area contributed by atoms with E-state index in [-0.39, 0.29) is 0 Å². The van der Waals surface area contributed by atoms with Gasteiger partial charge in [0.05, 0.1) is 11.7 Å². The average molecular weight is 302 g/mol. The molecule has 0 bridgehead atoms. The predicted octanol–water partition coefficient (Wildman–Crippen LogP) is 3.92. The quantitative estimate of drug-likeness (QED) is 0.719. The molecule has 0 fully saturated rings. The van der Waals surface area contributed by atoms with Gasteiger partial charge in [-0.05, 0) is 37.1 Å². The van der Waals surface area contributed by atoms with Crippen LogP contribution in [0.15, 0.2) is 61.1 Å². The Labute approximate surface area is 135 Å². The van der Waals surface area contributed by atoms with Gasteiger partial charge >= 0.3 is 0 Å². The fraction of sp³-hybridized carbons (Fsp3) is 0.158. The average Bonchev–Trinajstić information content (AvgIpc) is 2.91. The van der Waals surface area contributed by atoms with Crippen LogP contribution in [0.25, 0.3) is 22.4 Å². The minimum Gasteiger partial charge on any atom is -0.351 e. The van der Waals surface area contributed by atoms with E-state index in [1.807, 2.05) is 19.2 Å². The molecule has 1 aliphatic heterocycles. The predicted molar refractivity (Wildman–Crippen MR) is 93.1 cm³/mol. The first-order valence-corrected chi connectivity index (χ1v) is 7.73. The fourth-order valence-electron chi connectivity index (χ4n) is 3.10. The van der Waals surface area contributed by atoms with Crippen molar-refractivity contribution in [2.24, 2.45) is 0 Å². The molecule has 0 spiro atoms. The van der Waals surface area contributed by atoms with E-state index in [4.69, 9.17) is 0 Å². The SMILES string of the molecule is Cc1nc2cnccc2n1-c1ccc(C2=CCC=CN2C)cc1. The molecule has 0 radical (unpaired) electrons. The Bertz CT molecular complexity index is 916. The van der Waals surface area contributed by atoms with E-state index in [1.54, 1.807) is 6.20 Å². The van der Waals surface area contributed by atoms with Crippen LogP contribution < -0.4 is 0 Å². The lowest BCUT2D eigenvalue weighted by Crippen LogP contribution is -2.11. The first-order valence-electron chi connectivity index (χ1n) is 7.73. The van der Waals surface area contributed by atoms with Crippen molar-refractivity contribution in [1.29, 1.82) is 0 Å². The highest BCUT2D eigenvalue weighted by Crippen LogP contribution is 2.25. The van der Waals surface area contributed by atoms with E-state index in [2.05, 4.69) is 69.1 Å². The number of nitrogens with zero attached hydrogens (tertiary/aromatic N) is 4. The van der Waals surface area contributed by atoms with E-state index >= 15 is 0 Å². The number of aromatic nitrogens is 3. The van der Waals surface area contributed by atoms with Crippen molar-refractivity contribution in [2.75, 3.05) is 7.05 Å². The van der Waals surface area contributed by atoms with Gasteiger partial charge in [-0.25, -0.2) is 4.98 Å². The summed E-state index contributed by atoms with van der Waals surface area (Å²) >= 11 is 0. The van der Waals surface area contributed by atoms with Gasteiger partial charge in [-0.1, -0.05) is 24.3 Å². The molecular formula is C19H18N4. The molecule has 0 amide bonds. The maximum absolute atomic E-state index is 4.59. The van der Waals surface area contributed by atoms with Gasteiger partial charge in [0.2, 0.25) is 0 Å². The van der Waals surface area contributed by atoms with Gasteiger partial charge in [0.1, 0.15) is 11.3 Å². The monoisotopic (exact) mass is 302 g/mol. The lowest BCUT2D eigenvalue weighted by atomic mass is 10.1. The third-order valence-electron chi connectivity index (χ3n) is 4.20. The van der Waals surface area contributed by atoms with Crippen molar-refractivity contribution in [1.82, 2.24) is 19.4 Å². The minimum atomic E-state index is 0.925. The number of aryl methyl sites for hydroxylation is 1. The second-order valence-electron chi connectivity index (χ2n) is 5.73. The zero-order valence-corrected chi connectivity index (χ0v) is 13.3. The molecule has 1 aliphatic rings. The molecule has 4 rings (SSSR count). The van der Waals surface area contributed by atoms with Crippen molar-refractivity contribution >= 4 is 16.7 Å². The van der Waals surface area contributed by atoms with E-state index in [9.17, 15) is 0 Å². The summed E-state index contributed by atoms with van der Waals surface area (Å²) in [6, 6.07) is 10.6. The molecule has 3 heterocycles. The zero-order chi connectivity index (χ0) is 15.8. The molecule has 114 valence electrons. The molecule has 0 atom stereocenters. The Morgan fingerprint density at radius 2 is 1.91 bits per heavy atom. The highest BCUT2D eigenvalue weighted by atomic mass is 15.1. The van der Waals surface area contributed by atoms with Crippen LogP contribution in [0.3, 0.4) is 0 Å². The summed E-state index contributed by atoms with van der Waals surface area (Å²) in [5.74, 6) is 0.970. The fourth-order valence-corrected chi connectivity index (χ4v) is 3.10. The first-order chi connectivity index (χ1) is 11.2. The summed E-state index contributed by atoms with van der Waals surface area (Å²) in [5.41, 5.74) is 5.60. The summed E-state index contributed by atoms with van der Waals surface area (Å²) in [6.07, 6.45) is 11.1. The number of hydrogen-bond donors (Lipinski definition) is 0. The third kappa shape index (κ3) is 2.32. The van der Waals surface area contributed by atoms with Gasteiger partial charge in [0.15, 0.2) is 0 Å². The van der Waals surface area contributed by atoms with Crippen molar-refractivity contribution in [2.45, 2.75) is 13.3 Å². The minimum absolute atomic E-state index is 0.925. The molecule has 4 heteroatoms. The smallest absolute Gasteiger partial charge is 0.111 e. The van der Waals surface area contributed by atoms with E-state index in [0.29, 0.717) is 0 Å². The molecular weight excluding hydrogens is 284 g/mol. The van der Waals surface area contributed by atoms with Crippen LogP contribution in [0.1, 0.15) is 17.8 Å². The molecule has 1 aromatic carbocycles. The Balaban J connectivity index is 1.76. The Morgan fingerprint density at radius 1 is 1.09 bits per heavy atom. The standard InChI is InChI=1S/C19H18N4/c1-14-21-17-13-20-11-10-19(17)23(14)16-8-6-15(7-9-16)18-5-3-4-12-22(18)2/h4-13H,3H2,1-2H3. The number of hydrogen-bond acceptors (Lipinski definition) is 3. The third-order valence-corrected chi connectivity index (χ3v) is 4.20. The highest BCUT2D eigenvalue weighted by Gasteiger charge is 2.11. The molecule has 0 saturated heterocycles. The molecule has 2 aromatic heterocycles.